The van der Waals surface area contributed by atoms with Gasteiger partial charge in [0.2, 0.25) is 0 Å². The number of nitrogens with one attached hydrogen (secondary N) is 1. The first-order valence-corrected chi connectivity index (χ1v) is 8.01. The van der Waals surface area contributed by atoms with Crippen LogP contribution in [-0.4, -0.2) is 23.8 Å². The lowest BCUT2D eigenvalue weighted by Crippen LogP contribution is -2.13. The summed E-state index contributed by atoms with van der Waals surface area (Å²) in [6, 6.07) is 10.9. The van der Waals surface area contributed by atoms with E-state index >= 15 is 0 Å². The standard InChI is InChI=1S/C15H13N3O3S/c1-11(19)12-2-4-15(5-3-12)22(20,21)17-13-7-9-18-14(10-13)6-8-16-18/h2-10,17H,1H3. The molecular formula is C15H13N3O3S. The molecule has 0 aliphatic rings. The van der Waals surface area contributed by atoms with Gasteiger partial charge in [0.15, 0.2) is 5.78 Å². The van der Waals surface area contributed by atoms with Crippen molar-refractivity contribution in [2.45, 2.75) is 11.8 Å². The van der Waals surface area contributed by atoms with Crippen molar-refractivity contribution in [3.63, 3.8) is 0 Å². The van der Waals surface area contributed by atoms with Crippen LogP contribution in [0.3, 0.4) is 0 Å². The van der Waals surface area contributed by atoms with Crippen molar-refractivity contribution in [2.75, 3.05) is 4.72 Å². The molecule has 2 aromatic heterocycles. The molecule has 3 aromatic rings. The van der Waals surface area contributed by atoms with Crippen molar-refractivity contribution in [1.29, 1.82) is 0 Å². The van der Waals surface area contributed by atoms with Crippen LogP contribution in [0.4, 0.5) is 5.69 Å². The van der Waals surface area contributed by atoms with E-state index < -0.39 is 10.0 Å². The zero-order valence-corrected chi connectivity index (χ0v) is 12.5. The van der Waals surface area contributed by atoms with Gasteiger partial charge in [-0.15, -0.1) is 0 Å². The van der Waals surface area contributed by atoms with Gasteiger partial charge in [-0.2, -0.15) is 5.10 Å². The number of pyridine rings is 1. The predicted octanol–water partition coefficient (Wildman–Crippen LogP) is 2.34. The highest BCUT2D eigenvalue weighted by Crippen LogP contribution is 2.18. The number of fused-ring (bicyclic) bond motifs is 1. The van der Waals surface area contributed by atoms with Gasteiger partial charge in [0, 0.05) is 18.0 Å². The Morgan fingerprint density at radius 2 is 1.86 bits per heavy atom. The van der Waals surface area contributed by atoms with Crippen molar-refractivity contribution in [3.05, 3.63) is 60.4 Å². The molecule has 112 valence electrons. The number of benzene rings is 1. The Bertz CT molecular complexity index is 944. The minimum Gasteiger partial charge on any atom is -0.295 e. The van der Waals surface area contributed by atoms with Crippen LogP contribution in [0.25, 0.3) is 5.52 Å². The van der Waals surface area contributed by atoms with E-state index in [1.54, 1.807) is 35.1 Å². The fraction of sp³-hybridized carbons (Fsp3) is 0.0667. The van der Waals surface area contributed by atoms with Crippen molar-refractivity contribution in [2.24, 2.45) is 0 Å². The molecule has 0 fully saturated rings. The first-order valence-electron chi connectivity index (χ1n) is 6.53. The molecular weight excluding hydrogens is 302 g/mol. The molecule has 0 unspecified atom stereocenters. The summed E-state index contributed by atoms with van der Waals surface area (Å²) in [4.78, 5) is 11.3. The predicted molar refractivity (Wildman–Crippen MR) is 82.4 cm³/mol. The van der Waals surface area contributed by atoms with Crippen LogP contribution < -0.4 is 4.72 Å². The Hall–Kier alpha value is -2.67. The van der Waals surface area contributed by atoms with Crippen LogP contribution in [0.15, 0.2) is 59.8 Å². The third-order valence-corrected chi connectivity index (χ3v) is 4.62. The number of hydrogen-bond acceptors (Lipinski definition) is 4. The summed E-state index contributed by atoms with van der Waals surface area (Å²) in [7, 11) is -3.70. The lowest BCUT2D eigenvalue weighted by atomic mass is 10.2. The monoisotopic (exact) mass is 315 g/mol. The van der Waals surface area contributed by atoms with E-state index in [9.17, 15) is 13.2 Å². The van der Waals surface area contributed by atoms with Gasteiger partial charge >= 0.3 is 0 Å². The number of anilines is 1. The number of Topliss-reactive ketones (excluding diaryl/α,β-unsaturated/α-hetero) is 1. The Kier molecular flexibility index (Phi) is 3.42. The zero-order chi connectivity index (χ0) is 15.7. The smallest absolute Gasteiger partial charge is 0.261 e. The molecule has 3 rings (SSSR count). The summed E-state index contributed by atoms with van der Waals surface area (Å²) in [5, 5.41) is 4.05. The highest BCUT2D eigenvalue weighted by Gasteiger charge is 2.14. The first kappa shape index (κ1) is 14.3. The highest BCUT2D eigenvalue weighted by molar-refractivity contribution is 7.92. The lowest BCUT2D eigenvalue weighted by Gasteiger charge is -2.08. The SMILES string of the molecule is CC(=O)c1ccc(S(=O)(=O)Nc2ccn3nccc3c2)cc1. The fourth-order valence-corrected chi connectivity index (χ4v) is 3.12. The van der Waals surface area contributed by atoms with Crippen LogP contribution in [0.2, 0.25) is 0 Å². The van der Waals surface area contributed by atoms with E-state index in [0.717, 1.165) is 5.52 Å². The summed E-state index contributed by atoms with van der Waals surface area (Å²) in [6.07, 6.45) is 3.31. The molecule has 0 aliphatic carbocycles. The molecule has 0 amide bonds. The third kappa shape index (κ3) is 2.71. The Morgan fingerprint density at radius 3 is 2.55 bits per heavy atom. The molecule has 0 saturated heterocycles. The molecule has 0 bridgehead atoms. The molecule has 1 N–H and O–H groups in total. The van der Waals surface area contributed by atoms with Gasteiger partial charge in [0.25, 0.3) is 10.0 Å². The average molecular weight is 315 g/mol. The molecule has 0 aliphatic heterocycles. The summed E-state index contributed by atoms with van der Waals surface area (Å²) >= 11 is 0. The van der Waals surface area contributed by atoms with Crippen molar-refractivity contribution >= 4 is 27.0 Å². The van der Waals surface area contributed by atoms with Crippen LogP contribution in [-0.2, 0) is 10.0 Å². The zero-order valence-electron chi connectivity index (χ0n) is 11.7. The third-order valence-electron chi connectivity index (χ3n) is 3.22. The van der Waals surface area contributed by atoms with Crippen LogP contribution in [0.5, 0.6) is 0 Å². The second-order valence-corrected chi connectivity index (χ2v) is 6.48. The number of rotatable bonds is 4. The van der Waals surface area contributed by atoms with Gasteiger partial charge in [-0.25, -0.2) is 12.9 Å². The van der Waals surface area contributed by atoms with Crippen molar-refractivity contribution in [1.82, 2.24) is 9.61 Å². The maximum absolute atomic E-state index is 12.3. The number of hydrogen-bond donors (Lipinski definition) is 1. The van der Waals surface area contributed by atoms with Crippen LogP contribution in [0, 0.1) is 0 Å². The van der Waals surface area contributed by atoms with Crippen LogP contribution >= 0.6 is 0 Å². The summed E-state index contributed by atoms with van der Waals surface area (Å²) in [5.41, 5.74) is 1.70. The Balaban J connectivity index is 1.90. The summed E-state index contributed by atoms with van der Waals surface area (Å²) < 4.78 is 28.8. The quantitative estimate of drug-likeness (QED) is 0.749. The fourth-order valence-electron chi connectivity index (χ4n) is 2.07. The van der Waals surface area contributed by atoms with Gasteiger partial charge in [-0.05, 0) is 37.3 Å². The minimum atomic E-state index is -3.70. The molecule has 0 saturated carbocycles. The Morgan fingerprint density at radius 1 is 1.14 bits per heavy atom. The molecule has 1 aromatic carbocycles. The van der Waals surface area contributed by atoms with Gasteiger partial charge in [-0.1, -0.05) is 12.1 Å². The van der Waals surface area contributed by atoms with Gasteiger partial charge in [0.05, 0.1) is 16.1 Å². The summed E-state index contributed by atoms with van der Waals surface area (Å²) in [6.45, 7) is 1.43. The molecule has 7 heteroatoms. The molecule has 2 heterocycles. The van der Waals surface area contributed by atoms with Gasteiger partial charge in [0.1, 0.15) is 0 Å². The minimum absolute atomic E-state index is 0.103. The second kappa shape index (κ2) is 5.27. The molecule has 0 radical (unpaired) electrons. The summed E-state index contributed by atoms with van der Waals surface area (Å²) in [5.74, 6) is -0.108. The van der Waals surface area contributed by atoms with Gasteiger partial charge in [-0.3, -0.25) is 9.52 Å². The number of ketones is 1. The molecule has 6 nitrogen and oxygen atoms in total. The topological polar surface area (TPSA) is 80.5 Å². The molecule has 0 atom stereocenters. The number of carbonyl (C=O) groups excluding carboxylic acids is 1. The van der Waals surface area contributed by atoms with E-state index in [1.807, 2.05) is 0 Å². The maximum atomic E-state index is 12.3. The lowest BCUT2D eigenvalue weighted by molar-refractivity contribution is 0.101. The van der Waals surface area contributed by atoms with E-state index in [1.165, 1.54) is 31.2 Å². The van der Waals surface area contributed by atoms with E-state index in [2.05, 4.69) is 9.82 Å². The Labute approximate surface area is 127 Å². The average Bonchev–Trinajstić information content (AvgIpc) is 2.94. The molecule has 0 spiro atoms. The number of aromatic nitrogens is 2. The van der Waals surface area contributed by atoms with Crippen molar-refractivity contribution < 1.29 is 13.2 Å². The van der Waals surface area contributed by atoms with Gasteiger partial charge < -0.3 is 0 Å². The van der Waals surface area contributed by atoms with Crippen LogP contribution in [0.1, 0.15) is 17.3 Å². The van der Waals surface area contributed by atoms with E-state index in [4.69, 9.17) is 0 Å². The first-order chi connectivity index (χ1) is 10.5. The van der Waals surface area contributed by atoms with Crippen molar-refractivity contribution in [3.8, 4) is 0 Å². The second-order valence-electron chi connectivity index (χ2n) is 4.80. The number of carbonyl (C=O) groups is 1. The molecule has 22 heavy (non-hydrogen) atoms. The van der Waals surface area contributed by atoms with E-state index in [0.29, 0.717) is 11.3 Å². The number of sulfonamides is 1. The number of nitrogens with zero attached hydrogens (tertiary/aromatic N) is 2. The highest BCUT2D eigenvalue weighted by atomic mass is 32.2. The normalized spacial score (nSPS) is 11.5. The maximum Gasteiger partial charge on any atom is 0.261 e. The van der Waals surface area contributed by atoms with E-state index in [-0.39, 0.29) is 10.7 Å². The largest absolute Gasteiger partial charge is 0.295 e.